The van der Waals surface area contributed by atoms with E-state index >= 15 is 0 Å². The lowest BCUT2D eigenvalue weighted by atomic mass is 9.99. The van der Waals surface area contributed by atoms with Gasteiger partial charge in [-0.05, 0) is 19.8 Å². The normalized spacial score (nSPS) is 30.9. The molecule has 0 aliphatic heterocycles. The molecule has 2 heteroatoms. The van der Waals surface area contributed by atoms with E-state index in [0.717, 1.165) is 12.8 Å². The van der Waals surface area contributed by atoms with Crippen LogP contribution in [-0.2, 0) is 9.59 Å². The summed E-state index contributed by atoms with van der Waals surface area (Å²) in [6, 6.07) is 0. The quantitative estimate of drug-likeness (QED) is 0.605. The molecule has 0 spiro atoms. The van der Waals surface area contributed by atoms with Gasteiger partial charge in [0.15, 0.2) is 0 Å². The molecule has 1 rings (SSSR count). The standard InChI is InChI=1S/C9H14O2/c1-6-3-4-8(9(6)11)5-7(2)10/h6,8H,3-5H2,1-2H3/t6-,8-/m0/s1. The van der Waals surface area contributed by atoms with Crippen molar-refractivity contribution in [3.8, 4) is 0 Å². The third kappa shape index (κ3) is 1.88. The maximum Gasteiger partial charge on any atom is 0.139 e. The van der Waals surface area contributed by atoms with Crippen LogP contribution >= 0.6 is 0 Å². The van der Waals surface area contributed by atoms with Gasteiger partial charge in [0, 0.05) is 18.3 Å². The molecule has 2 nitrogen and oxygen atoms in total. The summed E-state index contributed by atoms with van der Waals surface area (Å²) in [5.74, 6) is 0.666. The predicted molar refractivity (Wildman–Crippen MR) is 42.2 cm³/mol. The second-order valence-corrected chi connectivity index (χ2v) is 3.48. The van der Waals surface area contributed by atoms with Gasteiger partial charge in [0.1, 0.15) is 11.6 Å². The van der Waals surface area contributed by atoms with Gasteiger partial charge in [-0.1, -0.05) is 6.92 Å². The van der Waals surface area contributed by atoms with E-state index in [-0.39, 0.29) is 17.6 Å². The second kappa shape index (κ2) is 3.16. The van der Waals surface area contributed by atoms with Crippen molar-refractivity contribution in [1.82, 2.24) is 0 Å². The molecule has 1 fully saturated rings. The fraction of sp³-hybridized carbons (Fsp3) is 0.778. The molecular formula is C9H14O2. The zero-order valence-electron chi connectivity index (χ0n) is 7.09. The van der Waals surface area contributed by atoms with Gasteiger partial charge in [-0.25, -0.2) is 0 Å². The van der Waals surface area contributed by atoms with Crippen molar-refractivity contribution in [2.24, 2.45) is 11.8 Å². The Hall–Kier alpha value is -0.660. The van der Waals surface area contributed by atoms with Crippen LogP contribution in [0.25, 0.3) is 0 Å². The van der Waals surface area contributed by atoms with Crippen molar-refractivity contribution in [2.75, 3.05) is 0 Å². The summed E-state index contributed by atoms with van der Waals surface area (Å²) in [5.41, 5.74) is 0. The molecule has 0 heterocycles. The van der Waals surface area contributed by atoms with E-state index in [1.54, 1.807) is 6.92 Å². The number of carbonyl (C=O) groups excluding carboxylic acids is 2. The summed E-state index contributed by atoms with van der Waals surface area (Å²) in [5, 5.41) is 0. The minimum absolute atomic E-state index is 0.0440. The number of rotatable bonds is 2. The zero-order chi connectivity index (χ0) is 8.43. The predicted octanol–water partition coefficient (Wildman–Crippen LogP) is 1.58. The summed E-state index contributed by atoms with van der Waals surface area (Å²) >= 11 is 0. The lowest BCUT2D eigenvalue weighted by molar-refractivity contribution is -0.127. The van der Waals surface area contributed by atoms with E-state index in [2.05, 4.69) is 0 Å². The first-order chi connectivity index (χ1) is 5.11. The summed E-state index contributed by atoms with van der Waals surface area (Å²) in [6.45, 7) is 3.50. The van der Waals surface area contributed by atoms with E-state index < -0.39 is 0 Å². The van der Waals surface area contributed by atoms with Crippen LogP contribution in [-0.4, -0.2) is 11.6 Å². The largest absolute Gasteiger partial charge is 0.300 e. The van der Waals surface area contributed by atoms with Crippen LogP contribution < -0.4 is 0 Å². The van der Waals surface area contributed by atoms with Gasteiger partial charge in [0.05, 0.1) is 0 Å². The highest BCUT2D eigenvalue weighted by Crippen LogP contribution is 2.29. The van der Waals surface area contributed by atoms with E-state index in [9.17, 15) is 9.59 Å². The zero-order valence-corrected chi connectivity index (χ0v) is 7.09. The maximum absolute atomic E-state index is 11.3. The highest BCUT2D eigenvalue weighted by atomic mass is 16.1. The molecule has 11 heavy (non-hydrogen) atoms. The molecule has 0 aromatic carbocycles. The number of hydrogen-bond acceptors (Lipinski definition) is 2. The monoisotopic (exact) mass is 154 g/mol. The second-order valence-electron chi connectivity index (χ2n) is 3.48. The van der Waals surface area contributed by atoms with Crippen molar-refractivity contribution in [3.05, 3.63) is 0 Å². The highest BCUT2D eigenvalue weighted by Gasteiger charge is 2.31. The Morgan fingerprint density at radius 3 is 2.55 bits per heavy atom. The van der Waals surface area contributed by atoms with Gasteiger partial charge in [0.25, 0.3) is 0 Å². The Morgan fingerprint density at radius 1 is 1.55 bits per heavy atom. The van der Waals surface area contributed by atoms with Crippen molar-refractivity contribution < 1.29 is 9.59 Å². The summed E-state index contributed by atoms with van der Waals surface area (Å²) < 4.78 is 0. The number of ketones is 2. The lowest BCUT2D eigenvalue weighted by Crippen LogP contribution is -2.14. The molecule has 62 valence electrons. The van der Waals surface area contributed by atoms with Crippen molar-refractivity contribution in [2.45, 2.75) is 33.1 Å². The Labute approximate surface area is 67.0 Å². The van der Waals surface area contributed by atoms with Crippen LogP contribution in [0.15, 0.2) is 0 Å². The highest BCUT2D eigenvalue weighted by molar-refractivity contribution is 5.89. The van der Waals surface area contributed by atoms with Gasteiger partial charge in [-0.15, -0.1) is 0 Å². The molecule has 0 aromatic heterocycles. The minimum atomic E-state index is 0.0440. The average Bonchev–Trinajstić information content (AvgIpc) is 2.18. The lowest BCUT2D eigenvalue weighted by Gasteiger charge is -2.03. The molecule has 0 radical (unpaired) electrons. The van der Waals surface area contributed by atoms with Crippen molar-refractivity contribution in [3.63, 3.8) is 0 Å². The Bertz CT molecular complexity index is 184. The third-order valence-electron chi connectivity index (χ3n) is 2.37. The summed E-state index contributed by atoms with van der Waals surface area (Å²) in [6.07, 6.45) is 2.35. The SMILES string of the molecule is CC(=O)C[C@@H]1CC[C@H](C)C1=O. The smallest absolute Gasteiger partial charge is 0.139 e. The first kappa shape index (κ1) is 8.44. The van der Waals surface area contributed by atoms with Crippen LogP contribution in [0, 0.1) is 11.8 Å². The molecule has 0 N–H and O–H groups in total. The van der Waals surface area contributed by atoms with Gasteiger partial charge >= 0.3 is 0 Å². The summed E-state index contributed by atoms with van der Waals surface area (Å²) in [4.78, 5) is 22.0. The molecule has 0 aromatic rings. The topological polar surface area (TPSA) is 34.1 Å². The third-order valence-corrected chi connectivity index (χ3v) is 2.37. The van der Waals surface area contributed by atoms with Gasteiger partial charge in [-0.2, -0.15) is 0 Å². The Kier molecular flexibility index (Phi) is 2.42. The van der Waals surface area contributed by atoms with Gasteiger partial charge in [-0.3, -0.25) is 4.79 Å². The molecule has 1 aliphatic carbocycles. The number of carbonyl (C=O) groups is 2. The Morgan fingerprint density at radius 2 is 2.18 bits per heavy atom. The number of hydrogen-bond donors (Lipinski definition) is 0. The van der Waals surface area contributed by atoms with E-state index in [4.69, 9.17) is 0 Å². The molecule has 0 amide bonds. The molecular weight excluding hydrogens is 140 g/mol. The van der Waals surface area contributed by atoms with Crippen molar-refractivity contribution >= 4 is 11.6 Å². The van der Waals surface area contributed by atoms with E-state index in [0.29, 0.717) is 12.2 Å². The molecule has 1 saturated carbocycles. The first-order valence-electron chi connectivity index (χ1n) is 4.14. The van der Waals surface area contributed by atoms with Gasteiger partial charge < -0.3 is 4.79 Å². The van der Waals surface area contributed by atoms with Crippen LogP contribution in [0.5, 0.6) is 0 Å². The molecule has 0 unspecified atom stereocenters. The summed E-state index contributed by atoms with van der Waals surface area (Å²) in [7, 11) is 0. The van der Waals surface area contributed by atoms with E-state index in [1.165, 1.54) is 0 Å². The first-order valence-corrected chi connectivity index (χ1v) is 4.14. The van der Waals surface area contributed by atoms with Crippen LogP contribution in [0.3, 0.4) is 0 Å². The number of Topliss-reactive ketones (excluding diaryl/α,β-unsaturated/α-hetero) is 2. The molecule has 0 saturated heterocycles. The van der Waals surface area contributed by atoms with Crippen LogP contribution in [0.1, 0.15) is 33.1 Å². The molecule has 0 bridgehead atoms. The minimum Gasteiger partial charge on any atom is -0.300 e. The molecule has 2 atom stereocenters. The van der Waals surface area contributed by atoms with Gasteiger partial charge in [0.2, 0.25) is 0 Å². The Balaban J connectivity index is 2.49. The average molecular weight is 154 g/mol. The maximum atomic E-state index is 11.3. The molecule has 1 aliphatic rings. The fourth-order valence-corrected chi connectivity index (χ4v) is 1.69. The fourth-order valence-electron chi connectivity index (χ4n) is 1.69. The van der Waals surface area contributed by atoms with E-state index in [1.807, 2.05) is 6.92 Å². The van der Waals surface area contributed by atoms with Crippen LogP contribution in [0.4, 0.5) is 0 Å². The van der Waals surface area contributed by atoms with Crippen LogP contribution in [0.2, 0.25) is 0 Å². The van der Waals surface area contributed by atoms with Crippen molar-refractivity contribution in [1.29, 1.82) is 0 Å².